The number of carboxylic acids is 2. The highest BCUT2D eigenvalue weighted by molar-refractivity contribution is 7.99. The topological polar surface area (TPSA) is 119 Å². The van der Waals surface area contributed by atoms with Crippen LogP contribution >= 0.6 is 11.8 Å². The predicted molar refractivity (Wildman–Crippen MR) is 104 cm³/mol. The van der Waals surface area contributed by atoms with Crippen molar-refractivity contribution in [3.63, 3.8) is 0 Å². The van der Waals surface area contributed by atoms with Crippen LogP contribution in [0.3, 0.4) is 0 Å². The van der Waals surface area contributed by atoms with E-state index in [1.165, 1.54) is 13.1 Å². The molecule has 0 spiro atoms. The van der Waals surface area contributed by atoms with E-state index in [1.54, 1.807) is 0 Å². The highest BCUT2D eigenvalue weighted by Crippen LogP contribution is 2.19. The number of H-pyrrole nitrogens is 1. The molecule has 0 atom stereocenters. The molecule has 2 aromatic rings. The lowest BCUT2D eigenvalue weighted by atomic mass is 10.3. The van der Waals surface area contributed by atoms with Gasteiger partial charge in [-0.15, -0.1) is 0 Å². The molecule has 0 unspecified atom stereocenters. The highest BCUT2D eigenvalue weighted by atomic mass is 32.2. The molecule has 180 valence electrons. The van der Waals surface area contributed by atoms with Crippen molar-refractivity contribution in [2.24, 2.45) is 0 Å². The maximum Gasteiger partial charge on any atom is 0.490 e. The van der Waals surface area contributed by atoms with Crippen molar-refractivity contribution in [1.82, 2.24) is 20.2 Å². The minimum absolute atomic E-state index is 1.03. The van der Waals surface area contributed by atoms with Gasteiger partial charge in [0.25, 0.3) is 0 Å². The molecule has 1 fully saturated rings. The first-order chi connectivity index (χ1) is 14.8. The fourth-order valence-corrected chi connectivity index (χ4v) is 3.09. The number of fused-ring (bicyclic) bond motifs is 1. The zero-order valence-electron chi connectivity index (χ0n) is 16.3. The summed E-state index contributed by atoms with van der Waals surface area (Å²) in [4.78, 5) is 28.2. The number of alkyl halides is 6. The van der Waals surface area contributed by atoms with Crippen LogP contribution in [0.2, 0.25) is 0 Å². The van der Waals surface area contributed by atoms with Gasteiger partial charge in [-0.25, -0.2) is 14.6 Å². The Morgan fingerprint density at radius 3 is 1.97 bits per heavy atom. The molecular formula is C17H20F6N4O4S. The summed E-state index contributed by atoms with van der Waals surface area (Å²) in [6.45, 7) is 5.72. The number of nitrogens with zero attached hydrogens (tertiary/aromatic N) is 2. The maximum atomic E-state index is 10.6. The second kappa shape index (κ2) is 12.5. The van der Waals surface area contributed by atoms with Gasteiger partial charge in [-0.1, -0.05) is 23.9 Å². The third kappa shape index (κ3) is 10.7. The number of thioether (sulfide) groups is 1. The number of piperazine rings is 1. The van der Waals surface area contributed by atoms with Crippen LogP contribution in [-0.4, -0.2) is 87.8 Å². The number of imidazole rings is 1. The second-order valence-electron chi connectivity index (χ2n) is 6.11. The van der Waals surface area contributed by atoms with Crippen molar-refractivity contribution in [2.45, 2.75) is 17.5 Å². The lowest BCUT2D eigenvalue weighted by Crippen LogP contribution is -2.44. The van der Waals surface area contributed by atoms with Gasteiger partial charge in [-0.05, 0) is 12.1 Å². The molecule has 4 N–H and O–H groups in total. The van der Waals surface area contributed by atoms with Gasteiger partial charge in [0.15, 0.2) is 5.16 Å². The number of benzene rings is 1. The van der Waals surface area contributed by atoms with Crippen molar-refractivity contribution in [3.05, 3.63) is 24.3 Å². The molecule has 1 aliphatic heterocycles. The summed E-state index contributed by atoms with van der Waals surface area (Å²) in [7, 11) is 0. The first-order valence-electron chi connectivity index (χ1n) is 8.91. The molecule has 0 aliphatic carbocycles. The van der Waals surface area contributed by atoms with Crippen LogP contribution in [0.1, 0.15) is 0 Å². The molecule has 0 amide bonds. The monoisotopic (exact) mass is 490 g/mol. The summed E-state index contributed by atoms with van der Waals surface area (Å²) >= 11 is 1.81. The third-order valence-electron chi connectivity index (χ3n) is 3.71. The minimum Gasteiger partial charge on any atom is -0.475 e. The summed E-state index contributed by atoms with van der Waals surface area (Å²) < 4.78 is 63.5. The average Bonchev–Trinajstić information content (AvgIpc) is 3.11. The average molecular weight is 490 g/mol. The molecule has 1 saturated heterocycles. The molecule has 0 radical (unpaired) electrons. The van der Waals surface area contributed by atoms with Crippen LogP contribution in [0.25, 0.3) is 11.0 Å². The van der Waals surface area contributed by atoms with Crippen molar-refractivity contribution < 1.29 is 46.1 Å². The Kier molecular flexibility index (Phi) is 10.7. The van der Waals surface area contributed by atoms with Crippen molar-refractivity contribution in [2.75, 3.05) is 38.5 Å². The Labute approximate surface area is 182 Å². The minimum atomic E-state index is -5.08. The van der Waals surface area contributed by atoms with Gasteiger partial charge >= 0.3 is 24.3 Å². The first-order valence-corrected chi connectivity index (χ1v) is 9.90. The third-order valence-corrected chi connectivity index (χ3v) is 4.56. The van der Waals surface area contributed by atoms with Gasteiger partial charge in [0.2, 0.25) is 0 Å². The number of carbonyl (C=O) groups is 2. The Hall–Kier alpha value is -2.52. The normalized spacial score (nSPS) is 14.7. The zero-order valence-corrected chi connectivity index (χ0v) is 17.1. The lowest BCUT2D eigenvalue weighted by molar-refractivity contribution is -0.193. The van der Waals surface area contributed by atoms with Crippen LogP contribution in [0.4, 0.5) is 26.3 Å². The van der Waals surface area contributed by atoms with E-state index >= 15 is 0 Å². The van der Waals surface area contributed by atoms with E-state index in [2.05, 4.69) is 26.3 Å². The number of aromatic nitrogens is 2. The number of halogens is 6. The van der Waals surface area contributed by atoms with E-state index in [4.69, 9.17) is 19.8 Å². The number of aromatic amines is 1. The summed E-state index contributed by atoms with van der Waals surface area (Å²) in [6.07, 6.45) is -10.2. The quantitative estimate of drug-likeness (QED) is 0.382. The van der Waals surface area contributed by atoms with Crippen molar-refractivity contribution >= 4 is 34.7 Å². The maximum absolute atomic E-state index is 10.6. The van der Waals surface area contributed by atoms with E-state index < -0.39 is 24.3 Å². The lowest BCUT2D eigenvalue weighted by Gasteiger charge is -2.26. The van der Waals surface area contributed by atoms with E-state index in [0.717, 1.165) is 41.6 Å². The Morgan fingerprint density at radius 1 is 1.00 bits per heavy atom. The molecule has 0 bridgehead atoms. The van der Waals surface area contributed by atoms with Crippen LogP contribution in [0.15, 0.2) is 29.4 Å². The molecule has 1 aromatic heterocycles. The van der Waals surface area contributed by atoms with Crippen LogP contribution < -0.4 is 5.32 Å². The number of hydrogen-bond donors (Lipinski definition) is 4. The van der Waals surface area contributed by atoms with Crippen molar-refractivity contribution in [3.8, 4) is 0 Å². The molecule has 3 rings (SSSR count). The van der Waals surface area contributed by atoms with E-state index in [9.17, 15) is 26.3 Å². The number of aliphatic carboxylic acids is 2. The molecular weight excluding hydrogens is 470 g/mol. The summed E-state index contributed by atoms with van der Waals surface area (Å²) in [5.74, 6) is -4.42. The zero-order chi connectivity index (χ0) is 24.4. The van der Waals surface area contributed by atoms with Crippen LogP contribution in [0.5, 0.6) is 0 Å². The molecule has 0 saturated carbocycles. The molecule has 8 nitrogen and oxygen atoms in total. The molecule has 15 heteroatoms. The van der Waals surface area contributed by atoms with Gasteiger partial charge in [0, 0.05) is 38.5 Å². The number of carboxylic acid groups (broad SMARTS) is 2. The molecule has 1 aromatic carbocycles. The fraction of sp³-hybridized carbons (Fsp3) is 0.471. The van der Waals surface area contributed by atoms with Gasteiger partial charge in [-0.2, -0.15) is 26.3 Å². The molecule has 2 heterocycles. The van der Waals surface area contributed by atoms with Gasteiger partial charge in [0.1, 0.15) is 0 Å². The van der Waals surface area contributed by atoms with E-state index in [1.807, 2.05) is 30.0 Å². The number of nitrogens with one attached hydrogen (secondary N) is 2. The first kappa shape index (κ1) is 27.5. The van der Waals surface area contributed by atoms with E-state index in [0.29, 0.717) is 0 Å². The summed E-state index contributed by atoms with van der Waals surface area (Å²) in [5.41, 5.74) is 2.18. The van der Waals surface area contributed by atoms with Gasteiger partial charge in [-0.3, -0.25) is 4.90 Å². The van der Waals surface area contributed by atoms with Gasteiger partial charge < -0.3 is 20.5 Å². The molecule has 32 heavy (non-hydrogen) atoms. The standard InChI is InChI=1S/C13H18N4S.2C2HF3O2/c1-2-4-12-11(3-1)15-13(16-12)18-10-9-17-7-5-14-6-8-17;2*3-2(4,5)1(6)7/h1-4,14H,5-10H2,(H,15,16);2*(H,6,7). The number of rotatable bonds is 4. The van der Waals surface area contributed by atoms with Crippen LogP contribution in [-0.2, 0) is 9.59 Å². The number of para-hydroxylation sites is 2. The Morgan fingerprint density at radius 2 is 1.50 bits per heavy atom. The summed E-state index contributed by atoms with van der Waals surface area (Å²) in [5, 5.41) is 18.7. The number of hydrogen-bond acceptors (Lipinski definition) is 6. The van der Waals surface area contributed by atoms with Crippen molar-refractivity contribution in [1.29, 1.82) is 0 Å². The summed E-state index contributed by atoms with van der Waals surface area (Å²) in [6, 6.07) is 8.18. The largest absolute Gasteiger partial charge is 0.490 e. The molecule has 1 aliphatic rings. The predicted octanol–water partition coefficient (Wildman–Crippen LogP) is 2.83. The fourth-order valence-electron chi connectivity index (χ4n) is 2.20. The second-order valence-corrected chi connectivity index (χ2v) is 7.19. The SMILES string of the molecule is O=C(O)C(F)(F)F.O=C(O)C(F)(F)F.c1ccc2[nH]c(SCCN3CCNCC3)nc2c1. The van der Waals surface area contributed by atoms with E-state index in [-0.39, 0.29) is 0 Å². The van der Waals surface area contributed by atoms with Crippen LogP contribution in [0, 0.1) is 0 Å². The Bertz CT molecular complexity index is 812. The highest BCUT2D eigenvalue weighted by Gasteiger charge is 2.38. The van der Waals surface area contributed by atoms with Gasteiger partial charge in [0.05, 0.1) is 11.0 Å². The smallest absolute Gasteiger partial charge is 0.475 e. The Balaban J connectivity index is 0.000000305.